The first-order valence-corrected chi connectivity index (χ1v) is 11.5. The molecule has 2 aromatic rings. The summed E-state index contributed by atoms with van der Waals surface area (Å²) in [4.78, 5) is 12.9. The van der Waals surface area contributed by atoms with Crippen LogP contribution in [0.1, 0.15) is 47.7 Å². The van der Waals surface area contributed by atoms with Crippen molar-refractivity contribution in [2.45, 2.75) is 52.9 Å². The van der Waals surface area contributed by atoms with Crippen LogP contribution >= 0.6 is 0 Å². The fourth-order valence-electron chi connectivity index (χ4n) is 3.49. The van der Waals surface area contributed by atoms with Crippen molar-refractivity contribution >= 4 is 21.6 Å². The van der Waals surface area contributed by atoms with E-state index in [9.17, 15) is 26.4 Å². The third-order valence-corrected chi connectivity index (χ3v) is 6.47. The molecule has 0 aliphatic heterocycles. The molecule has 5 nitrogen and oxygen atoms in total. The first-order valence-electron chi connectivity index (χ1n) is 9.67. The monoisotopic (exact) mass is 456 g/mol. The third kappa shape index (κ3) is 5.78. The second-order valence-corrected chi connectivity index (χ2v) is 9.67. The van der Waals surface area contributed by atoms with Crippen molar-refractivity contribution in [2.24, 2.45) is 0 Å². The number of carbonyl (C=O) groups excluding carboxylic acids is 1. The van der Waals surface area contributed by atoms with Gasteiger partial charge in [0.15, 0.2) is 0 Å². The first kappa shape index (κ1) is 24.7. The Morgan fingerprint density at radius 2 is 1.58 bits per heavy atom. The Morgan fingerprint density at radius 3 is 2.13 bits per heavy atom. The molecule has 1 N–H and O–H groups in total. The first-order chi connectivity index (χ1) is 14.1. The minimum Gasteiger partial charge on any atom is -0.348 e. The van der Waals surface area contributed by atoms with E-state index in [4.69, 9.17) is 0 Å². The number of nitrogens with one attached hydrogen (secondary N) is 1. The highest BCUT2D eigenvalue weighted by atomic mass is 32.2. The summed E-state index contributed by atoms with van der Waals surface area (Å²) in [5.41, 5.74) is 2.80. The van der Waals surface area contributed by atoms with Gasteiger partial charge < -0.3 is 5.32 Å². The Labute approximate surface area is 181 Å². The molecule has 2 aromatic carbocycles. The topological polar surface area (TPSA) is 66.5 Å². The van der Waals surface area contributed by atoms with Crippen molar-refractivity contribution in [1.82, 2.24) is 5.32 Å². The minimum atomic E-state index is -4.64. The van der Waals surface area contributed by atoms with Crippen LogP contribution in [0.15, 0.2) is 36.4 Å². The van der Waals surface area contributed by atoms with E-state index in [-0.39, 0.29) is 5.69 Å². The van der Waals surface area contributed by atoms with E-state index in [2.05, 4.69) is 5.32 Å². The van der Waals surface area contributed by atoms with Crippen LogP contribution in [0.5, 0.6) is 0 Å². The van der Waals surface area contributed by atoms with Crippen molar-refractivity contribution < 1.29 is 26.4 Å². The molecule has 31 heavy (non-hydrogen) atoms. The highest BCUT2D eigenvalue weighted by Gasteiger charge is 2.34. The number of rotatable bonds is 6. The molecule has 0 unspecified atom stereocenters. The highest BCUT2D eigenvalue weighted by Crippen LogP contribution is 2.33. The second kappa shape index (κ2) is 8.90. The van der Waals surface area contributed by atoms with Crippen molar-refractivity contribution in [3.05, 3.63) is 64.2 Å². The summed E-state index contributed by atoms with van der Waals surface area (Å²) < 4.78 is 64.8. The number of amides is 1. The van der Waals surface area contributed by atoms with Gasteiger partial charge in [-0.3, -0.25) is 9.10 Å². The number of benzene rings is 2. The molecule has 0 saturated heterocycles. The van der Waals surface area contributed by atoms with Gasteiger partial charge in [-0.1, -0.05) is 18.2 Å². The Bertz CT molecular complexity index is 1080. The number of sulfonamides is 1. The molecular weight excluding hydrogens is 429 g/mol. The number of hydrogen-bond acceptors (Lipinski definition) is 3. The van der Waals surface area contributed by atoms with Crippen molar-refractivity contribution in [1.29, 1.82) is 0 Å². The molecule has 0 saturated carbocycles. The summed E-state index contributed by atoms with van der Waals surface area (Å²) in [6.07, 6.45) is -3.78. The Kier molecular flexibility index (Phi) is 7.10. The van der Waals surface area contributed by atoms with Gasteiger partial charge >= 0.3 is 6.18 Å². The molecule has 1 amide bonds. The maximum Gasteiger partial charge on any atom is 0.416 e. The van der Waals surface area contributed by atoms with Crippen LogP contribution in [0.3, 0.4) is 0 Å². The molecule has 0 aromatic heterocycles. The van der Waals surface area contributed by atoms with Gasteiger partial charge in [-0.05, 0) is 75.1 Å². The molecule has 0 bridgehead atoms. The van der Waals surface area contributed by atoms with Crippen LogP contribution in [0.4, 0.5) is 18.9 Å². The lowest BCUT2D eigenvalue weighted by molar-refractivity contribution is -0.137. The zero-order valence-electron chi connectivity index (χ0n) is 18.3. The Morgan fingerprint density at radius 1 is 1.00 bits per heavy atom. The Hall–Kier alpha value is -2.55. The summed E-state index contributed by atoms with van der Waals surface area (Å²) in [5.74, 6) is -0.618. The number of halogens is 3. The van der Waals surface area contributed by atoms with E-state index >= 15 is 0 Å². The largest absolute Gasteiger partial charge is 0.416 e. The summed E-state index contributed by atoms with van der Waals surface area (Å²) in [5, 5.41) is 2.78. The van der Waals surface area contributed by atoms with Crippen molar-refractivity contribution in [3.63, 3.8) is 0 Å². The van der Waals surface area contributed by atoms with E-state index in [1.54, 1.807) is 6.92 Å². The molecule has 0 aliphatic carbocycles. The fraction of sp³-hybridized carbons (Fsp3) is 0.409. The molecule has 0 radical (unpaired) electrons. The lowest BCUT2D eigenvalue weighted by Gasteiger charge is -2.30. The van der Waals surface area contributed by atoms with Gasteiger partial charge in [0.2, 0.25) is 15.9 Å². The number of anilines is 1. The van der Waals surface area contributed by atoms with Crippen LogP contribution in [0.25, 0.3) is 0 Å². The summed E-state index contributed by atoms with van der Waals surface area (Å²) >= 11 is 0. The summed E-state index contributed by atoms with van der Waals surface area (Å²) in [7, 11) is -4.04. The maximum absolute atomic E-state index is 13.1. The van der Waals surface area contributed by atoms with Crippen molar-refractivity contribution in [3.8, 4) is 0 Å². The van der Waals surface area contributed by atoms with E-state index < -0.39 is 39.8 Å². The van der Waals surface area contributed by atoms with E-state index in [0.29, 0.717) is 4.31 Å². The average Bonchev–Trinajstić information content (AvgIpc) is 2.63. The number of alkyl halides is 3. The smallest absolute Gasteiger partial charge is 0.348 e. The SMILES string of the molecule is Cc1cc(C)c([C@H](C)NC(=O)[C@H](C)N(c2cccc(C(F)(F)F)c2)S(C)(=O)=O)cc1C. The lowest BCUT2D eigenvalue weighted by atomic mass is 9.96. The second-order valence-electron chi connectivity index (χ2n) is 7.81. The molecule has 0 fully saturated rings. The van der Waals surface area contributed by atoms with Gasteiger partial charge in [0.25, 0.3) is 0 Å². The van der Waals surface area contributed by atoms with Gasteiger partial charge in [0.05, 0.1) is 23.5 Å². The standard InChI is InChI=1S/C22H27F3N2O3S/c1-13-10-15(3)20(11-14(13)2)16(4)26-21(28)17(5)27(31(6,29)30)19-9-7-8-18(12-19)22(23,24)25/h7-12,16-17H,1-6H3,(H,26,28)/t16-,17-/m0/s1. The molecule has 0 heterocycles. The molecule has 0 spiro atoms. The van der Waals surface area contributed by atoms with Crippen LogP contribution in [-0.4, -0.2) is 26.6 Å². The molecule has 170 valence electrons. The van der Waals surface area contributed by atoms with Crippen LogP contribution in [0.2, 0.25) is 0 Å². The van der Waals surface area contributed by atoms with E-state index in [1.807, 2.05) is 32.9 Å². The quantitative estimate of drug-likeness (QED) is 0.687. The van der Waals surface area contributed by atoms with Gasteiger partial charge in [-0.2, -0.15) is 13.2 Å². The van der Waals surface area contributed by atoms with Crippen LogP contribution < -0.4 is 9.62 Å². The third-order valence-electron chi connectivity index (χ3n) is 5.22. The average molecular weight is 457 g/mol. The number of aryl methyl sites for hydroxylation is 3. The lowest BCUT2D eigenvalue weighted by Crippen LogP contribution is -2.48. The predicted octanol–water partition coefficient (Wildman–Crippen LogP) is 4.66. The van der Waals surface area contributed by atoms with Crippen LogP contribution in [-0.2, 0) is 21.0 Å². The van der Waals surface area contributed by atoms with E-state index in [1.165, 1.54) is 13.0 Å². The molecule has 0 aliphatic rings. The maximum atomic E-state index is 13.1. The van der Waals surface area contributed by atoms with Crippen molar-refractivity contribution in [2.75, 3.05) is 10.6 Å². The van der Waals surface area contributed by atoms with Crippen LogP contribution in [0, 0.1) is 20.8 Å². The minimum absolute atomic E-state index is 0.227. The number of nitrogens with zero attached hydrogens (tertiary/aromatic N) is 1. The fourth-order valence-corrected chi connectivity index (χ4v) is 4.66. The van der Waals surface area contributed by atoms with E-state index in [0.717, 1.165) is 46.7 Å². The van der Waals surface area contributed by atoms with Gasteiger partial charge in [0, 0.05) is 0 Å². The van der Waals surface area contributed by atoms with Gasteiger partial charge in [0.1, 0.15) is 6.04 Å². The van der Waals surface area contributed by atoms with Gasteiger partial charge in [-0.25, -0.2) is 8.42 Å². The number of hydrogen-bond donors (Lipinski definition) is 1. The zero-order valence-corrected chi connectivity index (χ0v) is 19.1. The molecule has 2 atom stereocenters. The van der Waals surface area contributed by atoms with Gasteiger partial charge in [-0.15, -0.1) is 0 Å². The highest BCUT2D eigenvalue weighted by molar-refractivity contribution is 7.92. The summed E-state index contributed by atoms with van der Waals surface area (Å²) in [6.45, 7) is 8.97. The summed E-state index contributed by atoms with van der Waals surface area (Å²) in [6, 6.07) is 6.20. The molecule has 2 rings (SSSR count). The Balaban J connectivity index is 2.36. The normalized spacial score (nSPS) is 14.1. The predicted molar refractivity (Wildman–Crippen MR) is 115 cm³/mol. The molecule has 9 heteroatoms. The zero-order chi connectivity index (χ0) is 23.7. The number of carbonyl (C=O) groups is 1. The molecular formula is C22H27F3N2O3S.